The molecular formula is C19H24ClN5O. The van der Waals surface area contributed by atoms with E-state index < -0.39 is 0 Å². The van der Waals surface area contributed by atoms with Crippen molar-refractivity contribution in [1.29, 1.82) is 0 Å². The largest absolute Gasteiger partial charge is 0.382 e. The molecule has 0 radical (unpaired) electrons. The number of rotatable bonds is 4. The number of benzene rings is 1. The Morgan fingerprint density at radius 3 is 2.85 bits per heavy atom. The molecule has 2 aromatic rings. The number of nitrogens with two attached hydrogens (primary N) is 1. The van der Waals surface area contributed by atoms with Crippen LogP contribution < -0.4 is 16.0 Å². The van der Waals surface area contributed by atoms with Gasteiger partial charge in [-0.15, -0.1) is 0 Å². The van der Waals surface area contributed by atoms with Crippen LogP contribution in [0.1, 0.15) is 36.6 Å². The van der Waals surface area contributed by atoms with Crippen LogP contribution in [0.25, 0.3) is 0 Å². The number of hydrogen-bond acceptors (Lipinski definition) is 6. The summed E-state index contributed by atoms with van der Waals surface area (Å²) in [6.07, 6.45) is 3.40. The van der Waals surface area contributed by atoms with Crippen LogP contribution in [-0.2, 0) is 4.74 Å². The van der Waals surface area contributed by atoms with E-state index in [2.05, 4.69) is 32.3 Å². The van der Waals surface area contributed by atoms with Gasteiger partial charge >= 0.3 is 0 Å². The quantitative estimate of drug-likeness (QED) is 0.853. The van der Waals surface area contributed by atoms with Crippen molar-refractivity contribution in [1.82, 2.24) is 9.97 Å². The number of nitrogens with zero attached hydrogens (tertiary/aromatic N) is 3. The maximum absolute atomic E-state index is 6.66. The van der Waals surface area contributed by atoms with E-state index in [0.29, 0.717) is 18.6 Å². The maximum Gasteiger partial charge on any atom is 0.222 e. The number of aryl methyl sites for hydroxylation is 1. The monoisotopic (exact) mass is 373 g/mol. The highest BCUT2D eigenvalue weighted by atomic mass is 35.5. The summed E-state index contributed by atoms with van der Waals surface area (Å²) in [6, 6.07) is 8.76. The number of nitrogen functional groups attached to an aromatic ring is 1. The molecule has 1 aliphatic heterocycles. The number of anilines is 3. The van der Waals surface area contributed by atoms with E-state index in [1.807, 2.05) is 19.1 Å². The number of halogens is 1. The molecule has 1 saturated carbocycles. The third-order valence-corrected chi connectivity index (χ3v) is 5.13. The topological polar surface area (TPSA) is 76.3 Å². The van der Waals surface area contributed by atoms with Crippen LogP contribution in [0.5, 0.6) is 0 Å². The second-order valence-electron chi connectivity index (χ2n) is 7.02. The molecule has 1 aromatic carbocycles. The minimum Gasteiger partial charge on any atom is -0.382 e. The van der Waals surface area contributed by atoms with Gasteiger partial charge in [-0.3, -0.25) is 0 Å². The molecule has 1 atom stereocenters. The van der Waals surface area contributed by atoms with Gasteiger partial charge in [-0.25, -0.2) is 4.98 Å². The average molecular weight is 374 g/mol. The standard InChI is InChI=1S/C19H24ClN5O/c1-12-9-18(24-19(21)22-12)25-7-2-8-26-11-17(25)15-6-5-14(10-16(15)20)23-13-3-4-13/h5-6,9-10,13,17,23H,2-4,7-8,11H2,1H3,(H2,21,22,24)/t17-/m1/s1. The van der Waals surface area contributed by atoms with Crippen molar-refractivity contribution >= 4 is 29.1 Å². The van der Waals surface area contributed by atoms with Crippen molar-refractivity contribution in [2.45, 2.75) is 38.3 Å². The molecule has 6 nitrogen and oxygen atoms in total. The molecule has 0 bridgehead atoms. The van der Waals surface area contributed by atoms with E-state index in [9.17, 15) is 0 Å². The Hall–Kier alpha value is -2.05. The number of ether oxygens (including phenoxy) is 1. The van der Waals surface area contributed by atoms with Crippen LogP contribution in [0.3, 0.4) is 0 Å². The lowest BCUT2D eigenvalue weighted by Crippen LogP contribution is -2.32. The smallest absolute Gasteiger partial charge is 0.222 e. The Labute approximate surface area is 158 Å². The van der Waals surface area contributed by atoms with Gasteiger partial charge in [0.25, 0.3) is 0 Å². The second-order valence-corrected chi connectivity index (χ2v) is 7.43. The fourth-order valence-corrected chi connectivity index (χ4v) is 3.69. The van der Waals surface area contributed by atoms with Crippen molar-refractivity contribution in [3.05, 3.63) is 40.5 Å². The fraction of sp³-hybridized carbons (Fsp3) is 0.474. The van der Waals surface area contributed by atoms with Gasteiger partial charge in [0.2, 0.25) is 5.95 Å². The molecule has 7 heteroatoms. The molecule has 2 fully saturated rings. The lowest BCUT2D eigenvalue weighted by atomic mass is 10.0. The summed E-state index contributed by atoms with van der Waals surface area (Å²) >= 11 is 6.66. The lowest BCUT2D eigenvalue weighted by Gasteiger charge is -2.31. The molecule has 1 aliphatic carbocycles. The minimum absolute atomic E-state index is 0.00586. The highest BCUT2D eigenvalue weighted by Gasteiger charge is 2.27. The Bertz CT molecular complexity index is 775. The maximum atomic E-state index is 6.66. The van der Waals surface area contributed by atoms with Crippen LogP contribution in [0.4, 0.5) is 17.5 Å². The summed E-state index contributed by atoms with van der Waals surface area (Å²) in [6.45, 7) is 4.05. The van der Waals surface area contributed by atoms with Crippen molar-refractivity contribution in [2.24, 2.45) is 0 Å². The van der Waals surface area contributed by atoms with Crippen LogP contribution in [0, 0.1) is 6.92 Å². The van der Waals surface area contributed by atoms with Crippen molar-refractivity contribution < 1.29 is 4.74 Å². The summed E-state index contributed by atoms with van der Waals surface area (Å²) in [4.78, 5) is 10.9. The van der Waals surface area contributed by atoms with Crippen LogP contribution >= 0.6 is 11.6 Å². The molecule has 1 saturated heterocycles. The van der Waals surface area contributed by atoms with Gasteiger partial charge in [0, 0.05) is 41.7 Å². The van der Waals surface area contributed by atoms with Crippen LogP contribution in [0.2, 0.25) is 5.02 Å². The normalized spacial score (nSPS) is 20.7. The summed E-state index contributed by atoms with van der Waals surface area (Å²) in [5.41, 5.74) is 8.85. The van der Waals surface area contributed by atoms with E-state index in [1.54, 1.807) is 0 Å². The highest BCUT2D eigenvalue weighted by molar-refractivity contribution is 6.31. The van der Waals surface area contributed by atoms with E-state index in [0.717, 1.165) is 47.4 Å². The molecule has 0 unspecified atom stereocenters. The number of aromatic nitrogens is 2. The average Bonchev–Trinajstić information content (AvgIpc) is 3.40. The van der Waals surface area contributed by atoms with Gasteiger partial charge in [0.15, 0.2) is 0 Å². The van der Waals surface area contributed by atoms with E-state index in [-0.39, 0.29) is 6.04 Å². The SMILES string of the molecule is Cc1cc(N2CCCOC[C@@H]2c2ccc(NC3CC3)cc2Cl)nc(N)n1. The van der Waals surface area contributed by atoms with E-state index in [1.165, 1.54) is 12.8 Å². The Morgan fingerprint density at radius 2 is 2.12 bits per heavy atom. The Morgan fingerprint density at radius 1 is 1.27 bits per heavy atom. The van der Waals surface area contributed by atoms with Gasteiger partial charge < -0.3 is 20.7 Å². The van der Waals surface area contributed by atoms with Crippen molar-refractivity contribution in [3.8, 4) is 0 Å². The molecule has 4 rings (SSSR count). The van der Waals surface area contributed by atoms with Gasteiger partial charge in [-0.2, -0.15) is 4.98 Å². The summed E-state index contributed by atoms with van der Waals surface area (Å²) < 4.78 is 5.84. The molecule has 0 amide bonds. The molecule has 3 N–H and O–H groups in total. The van der Waals surface area contributed by atoms with Crippen molar-refractivity contribution in [3.63, 3.8) is 0 Å². The highest BCUT2D eigenvalue weighted by Crippen LogP contribution is 2.35. The molecule has 1 aromatic heterocycles. The second kappa shape index (κ2) is 7.29. The van der Waals surface area contributed by atoms with Gasteiger partial charge in [-0.1, -0.05) is 17.7 Å². The Kier molecular flexibility index (Phi) is 4.87. The first-order valence-electron chi connectivity index (χ1n) is 9.11. The zero-order valence-corrected chi connectivity index (χ0v) is 15.7. The minimum atomic E-state index is -0.00586. The molecule has 2 aliphatic rings. The summed E-state index contributed by atoms with van der Waals surface area (Å²) in [7, 11) is 0. The number of hydrogen-bond donors (Lipinski definition) is 2. The molecule has 26 heavy (non-hydrogen) atoms. The zero-order valence-electron chi connectivity index (χ0n) is 14.9. The zero-order chi connectivity index (χ0) is 18.1. The first-order valence-corrected chi connectivity index (χ1v) is 9.49. The van der Waals surface area contributed by atoms with Gasteiger partial charge in [0.1, 0.15) is 5.82 Å². The summed E-state index contributed by atoms with van der Waals surface area (Å²) in [5, 5.41) is 4.24. The number of nitrogens with one attached hydrogen (secondary N) is 1. The molecule has 2 heterocycles. The van der Waals surface area contributed by atoms with Crippen LogP contribution in [-0.4, -0.2) is 35.8 Å². The molecular weight excluding hydrogens is 350 g/mol. The summed E-state index contributed by atoms with van der Waals surface area (Å²) in [5.74, 6) is 1.11. The first-order chi connectivity index (χ1) is 12.6. The predicted octanol–water partition coefficient (Wildman–Crippen LogP) is 3.56. The lowest BCUT2D eigenvalue weighted by molar-refractivity contribution is 0.134. The van der Waals surface area contributed by atoms with Gasteiger partial charge in [-0.05, 0) is 43.9 Å². The van der Waals surface area contributed by atoms with E-state index >= 15 is 0 Å². The predicted molar refractivity (Wildman–Crippen MR) is 105 cm³/mol. The van der Waals surface area contributed by atoms with Crippen molar-refractivity contribution in [2.75, 3.05) is 35.7 Å². The van der Waals surface area contributed by atoms with E-state index in [4.69, 9.17) is 22.1 Å². The van der Waals surface area contributed by atoms with Gasteiger partial charge in [0.05, 0.1) is 12.6 Å². The third kappa shape index (κ3) is 3.86. The molecule has 138 valence electrons. The Balaban J connectivity index is 1.66. The third-order valence-electron chi connectivity index (χ3n) is 4.80. The first kappa shape index (κ1) is 17.4. The van der Waals surface area contributed by atoms with Crippen LogP contribution in [0.15, 0.2) is 24.3 Å². The fourth-order valence-electron chi connectivity index (χ4n) is 3.38. The molecule has 0 spiro atoms.